The van der Waals surface area contributed by atoms with Crippen LogP contribution in [0.4, 0.5) is 0 Å². The third-order valence-electron chi connectivity index (χ3n) is 5.26. The third-order valence-corrected chi connectivity index (χ3v) is 5.26. The van der Waals surface area contributed by atoms with Gasteiger partial charge in [0.15, 0.2) is 0 Å². The van der Waals surface area contributed by atoms with E-state index in [0.717, 1.165) is 18.2 Å². The van der Waals surface area contributed by atoms with Gasteiger partial charge in [0, 0.05) is 37.6 Å². The molecule has 2 heterocycles. The number of amides is 2. The van der Waals surface area contributed by atoms with E-state index in [2.05, 4.69) is 5.32 Å². The maximum Gasteiger partial charge on any atom is 0.310 e. The average molecular weight is 413 g/mol. The Morgan fingerprint density at radius 1 is 1.20 bits per heavy atom. The fraction of sp³-hybridized carbons (Fsp3) is 0.455. The molecule has 1 aliphatic rings. The molecule has 0 spiro atoms. The Bertz CT molecular complexity index is 984. The van der Waals surface area contributed by atoms with Crippen LogP contribution in [0.1, 0.15) is 26.2 Å². The first-order chi connectivity index (χ1) is 14.5. The van der Waals surface area contributed by atoms with Gasteiger partial charge in [-0.2, -0.15) is 0 Å². The standard InChI is InChI=1S/C22H27N3O5/c1-2-30-22(29)17-7-5-12-24(14-17)20(27)9-11-23-19(26)15-25-13-10-16-6-3-4-8-18(16)21(25)28/h3-4,6,8,10,13,17H,2,5,7,9,11-12,14-15H2,1H3,(H,23,26)/t17-/m0/s1. The zero-order chi connectivity index (χ0) is 21.5. The predicted molar refractivity (Wildman–Crippen MR) is 112 cm³/mol. The molecule has 3 rings (SSSR count). The maximum atomic E-state index is 12.5. The second-order valence-corrected chi connectivity index (χ2v) is 7.37. The van der Waals surface area contributed by atoms with Gasteiger partial charge in [0.25, 0.3) is 5.56 Å². The van der Waals surface area contributed by atoms with Crippen LogP contribution in [-0.4, -0.2) is 53.5 Å². The van der Waals surface area contributed by atoms with E-state index in [1.807, 2.05) is 12.1 Å². The molecule has 0 radical (unpaired) electrons. The molecular formula is C22H27N3O5. The number of nitrogens with zero attached hydrogens (tertiary/aromatic N) is 2. The van der Waals surface area contributed by atoms with Gasteiger partial charge in [-0.25, -0.2) is 0 Å². The number of pyridine rings is 1. The molecule has 8 nitrogen and oxygen atoms in total. The van der Waals surface area contributed by atoms with Crippen molar-refractivity contribution in [1.29, 1.82) is 0 Å². The lowest BCUT2D eigenvalue weighted by atomic mass is 9.98. The topological polar surface area (TPSA) is 97.7 Å². The molecule has 1 atom stereocenters. The Morgan fingerprint density at radius 3 is 2.80 bits per heavy atom. The number of carbonyl (C=O) groups is 3. The first kappa shape index (κ1) is 21.5. The molecule has 1 saturated heterocycles. The summed E-state index contributed by atoms with van der Waals surface area (Å²) in [4.78, 5) is 50.7. The summed E-state index contributed by atoms with van der Waals surface area (Å²) in [6.45, 7) is 3.13. The zero-order valence-electron chi connectivity index (χ0n) is 17.1. The number of aromatic nitrogens is 1. The van der Waals surface area contributed by atoms with Crippen molar-refractivity contribution in [3.8, 4) is 0 Å². The van der Waals surface area contributed by atoms with Crippen molar-refractivity contribution in [3.63, 3.8) is 0 Å². The van der Waals surface area contributed by atoms with Gasteiger partial charge >= 0.3 is 5.97 Å². The van der Waals surface area contributed by atoms with E-state index < -0.39 is 0 Å². The van der Waals surface area contributed by atoms with E-state index in [1.165, 1.54) is 4.57 Å². The minimum absolute atomic E-state index is 0.104. The lowest BCUT2D eigenvalue weighted by molar-refractivity contribution is -0.151. The molecule has 2 aromatic rings. The SMILES string of the molecule is CCOC(=O)[C@H]1CCCN(C(=O)CCNC(=O)Cn2ccc3ccccc3c2=O)C1. The summed E-state index contributed by atoms with van der Waals surface area (Å²) in [5.74, 6) is -0.975. The Morgan fingerprint density at radius 2 is 2.00 bits per heavy atom. The summed E-state index contributed by atoms with van der Waals surface area (Å²) in [6.07, 6.45) is 3.22. The average Bonchev–Trinajstić information content (AvgIpc) is 2.76. The first-order valence-electron chi connectivity index (χ1n) is 10.3. The number of benzene rings is 1. The van der Waals surface area contributed by atoms with Crippen LogP contribution in [0.15, 0.2) is 41.3 Å². The molecular weight excluding hydrogens is 386 g/mol. The van der Waals surface area contributed by atoms with Crippen molar-refractivity contribution in [2.24, 2.45) is 5.92 Å². The van der Waals surface area contributed by atoms with Crippen molar-refractivity contribution >= 4 is 28.6 Å². The maximum absolute atomic E-state index is 12.5. The highest BCUT2D eigenvalue weighted by atomic mass is 16.5. The monoisotopic (exact) mass is 413 g/mol. The molecule has 0 saturated carbocycles. The number of nitrogens with one attached hydrogen (secondary N) is 1. The van der Waals surface area contributed by atoms with E-state index in [4.69, 9.17) is 4.74 Å². The highest BCUT2D eigenvalue weighted by molar-refractivity contribution is 5.82. The minimum Gasteiger partial charge on any atom is -0.466 e. The van der Waals surface area contributed by atoms with Gasteiger partial charge in [0.2, 0.25) is 11.8 Å². The quantitative estimate of drug-likeness (QED) is 0.691. The third kappa shape index (κ3) is 5.25. The number of likely N-dealkylation sites (tertiary alicyclic amines) is 1. The molecule has 1 aromatic carbocycles. The fourth-order valence-corrected chi connectivity index (χ4v) is 3.69. The summed E-state index contributed by atoms with van der Waals surface area (Å²) in [6, 6.07) is 9.01. The van der Waals surface area contributed by atoms with Crippen molar-refractivity contribution in [3.05, 3.63) is 46.9 Å². The lowest BCUT2D eigenvalue weighted by Crippen LogP contribution is -2.44. The van der Waals surface area contributed by atoms with E-state index in [0.29, 0.717) is 25.1 Å². The second kappa shape index (κ2) is 10.0. The molecule has 1 aromatic heterocycles. The summed E-state index contributed by atoms with van der Waals surface area (Å²) >= 11 is 0. The van der Waals surface area contributed by atoms with Gasteiger partial charge in [0.05, 0.1) is 12.5 Å². The normalized spacial score (nSPS) is 16.3. The van der Waals surface area contributed by atoms with Gasteiger partial charge in [-0.1, -0.05) is 18.2 Å². The smallest absolute Gasteiger partial charge is 0.310 e. The van der Waals surface area contributed by atoms with Crippen molar-refractivity contribution in [1.82, 2.24) is 14.8 Å². The summed E-state index contributed by atoms with van der Waals surface area (Å²) in [7, 11) is 0. The lowest BCUT2D eigenvalue weighted by Gasteiger charge is -2.31. The number of ether oxygens (including phenoxy) is 1. The molecule has 0 bridgehead atoms. The van der Waals surface area contributed by atoms with Crippen LogP contribution in [0.25, 0.3) is 10.8 Å². The number of hydrogen-bond donors (Lipinski definition) is 1. The van der Waals surface area contributed by atoms with Gasteiger partial charge in [-0.15, -0.1) is 0 Å². The van der Waals surface area contributed by atoms with Crippen molar-refractivity contribution < 1.29 is 19.1 Å². The fourth-order valence-electron chi connectivity index (χ4n) is 3.69. The Hall–Kier alpha value is -3.16. The van der Waals surface area contributed by atoms with Crippen LogP contribution < -0.4 is 10.9 Å². The van der Waals surface area contributed by atoms with Crippen LogP contribution in [-0.2, 0) is 25.7 Å². The van der Waals surface area contributed by atoms with Crippen LogP contribution in [0.3, 0.4) is 0 Å². The number of rotatable bonds is 7. The first-order valence-corrected chi connectivity index (χ1v) is 10.3. The summed E-state index contributed by atoms with van der Waals surface area (Å²) < 4.78 is 6.41. The molecule has 8 heteroatoms. The summed E-state index contributed by atoms with van der Waals surface area (Å²) in [5, 5.41) is 4.08. The van der Waals surface area contributed by atoms with Gasteiger partial charge in [-0.3, -0.25) is 19.2 Å². The number of hydrogen-bond acceptors (Lipinski definition) is 5. The molecule has 1 N–H and O–H groups in total. The number of carbonyl (C=O) groups excluding carboxylic acids is 3. The Kier molecular flexibility index (Phi) is 7.21. The Labute approximate surface area is 174 Å². The summed E-state index contributed by atoms with van der Waals surface area (Å²) in [5.41, 5.74) is -0.224. The number of piperidine rings is 1. The van der Waals surface area contributed by atoms with Crippen molar-refractivity contribution in [2.45, 2.75) is 32.7 Å². The van der Waals surface area contributed by atoms with Crippen LogP contribution >= 0.6 is 0 Å². The molecule has 2 amide bonds. The van der Waals surface area contributed by atoms with E-state index in [1.54, 1.807) is 36.2 Å². The zero-order valence-corrected chi connectivity index (χ0v) is 17.1. The van der Waals surface area contributed by atoms with Crippen LogP contribution in [0.2, 0.25) is 0 Å². The molecule has 1 fully saturated rings. The van der Waals surface area contributed by atoms with Crippen molar-refractivity contribution in [2.75, 3.05) is 26.2 Å². The van der Waals surface area contributed by atoms with Crippen LogP contribution in [0.5, 0.6) is 0 Å². The van der Waals surface area contributed by atoms with Gasteiger partial charge in [0.1, 0.15) is 6.54 Å². The highest BCUT2D eigenvalue weighted by Crippen LogP contribution is 2.18. The number of fused-ring (bicyclic) bond motifs is 1. The number of esters is 1. The van der Waals surface area contributed by atoms with Crippen LogP contribution in [0, 0.1) is 5.92 Å². The highest BCUT2D eigenvalue weighted by Gasteiger charge is 2.29. The van der Waals surface area contributed by atoms with E-state index >= 15 is 0 Å². The Balaban J connectivity index is 1.47. The van der Waals surface area contributed by atoms with Gasteiger partial charge < -0.3 is 19.5 Å². The molecule has 30 heavy (non-hydrogen) atoms. The predicted octanol–water partition coefficient (Wildman–Crippen LogP) is 1.31. The molecule has 160 valence electrons. The second-order valence-electron chi connectivity index (χ2n) is 7.37. The molecule has 1 aliphatic heterocycles. The minimum atomic E-state index is -0.330. The molecule has 0 aliphatic carbocycles. The van der Waals surface area contributed by atoms with E-state index in [-0.39, 0.29) is 48.8 Å². The van der Waals surface area contributed by atoms with Gasteiger partial charge in [-0.05, 0) is 37.3 Å². The molecule has 0 unspecified atom stereocenters. The largest absolute Gasteiger partial charge is 0.466 e. The van der Waals surface area contributed by atoms with E-state index in [9.17, 15) is 19.2 Å².